The maximum atomic E-state index is 12.6. The third kappa shape index (κ3) is 2.73. The van der Waals surface area contributed by atoms with E-state index in [1.165, 1.54) is 6.07 Å². The molecule has 1 N–H and O–H groups in total. The van der Waals surface area contributed by atoms with Gasteiger partial charge >= 0.3 is 12.1 Å². The van der Waals surface area contributed by atoms with Crippen molar-refractivity contribution in [3.63, 3.8) is 0 Å². The molecule has 0 radical (unpaired) electrons. The van der Waals surface area contributed by atoms with Crippen LogP contribution in [-0.2, 0) is 23.9 Å². The van der Waals surface area contributed by atoms with E-state index < -0.39 is 23.8 Å². The van der Waals surface area contributed by atoms with Gasteiger partial charge in [-0.25, -0.2) is 0 Å². The van der Waals surface area contributed by atoms with Crippen molar-refractivity contribution in [3.05, 3.63) is 34.9 Å². The van der Waals surface area contributed by atoms with E-state index >= 15 is 0 Å². The molecule has 104 valence electrons. The zero-order chi connectivity index (χ0) is 14.2. The summed E-state index contributed by atoms with van der Waals surface area (Å²) >= 11 is 0. The average molecular weight is 273 g/mol. The molecule has 0 bridgehead atoms. The highest BCUT2D eigenvalue weighted by Crippen LogP contribution is 2.33. The van der Waals surface area contributed by atoms with Crippen LogP contribution in [0, 0.1) is 0 Å². The van der Waals surface area contributed by atoms with Gasteiger partial charge in [-0.2, -0.15) is 13.2 Å². The molecule has 0 aliphatic carbocycles. The molecule has 6 heteroatoms. The Labute approximate surface area is 108 Å². The topological polar surface area (TPSA) is 40.5 Å². The average Bonchev–Trinajstić information content (AvgIpc) is 2.35. The van der Waals surface area contributed by atoms with Crippen molar-refractivity contribution >= 4 is 5.97 Å². The first-order chi connectivity index (χ1) is 8.82. The number of hydrogen-bond acceptors (Lipinski definition) is 2. The molecule has 1 aliphatic rings. The van der Waals surface area contributed by atoms with E-state index in [0.29, 0.717) is 17.7 Å². The standard InChI is InChI=1S/C13H14F3NO2/c1-2-17-7-9-5-10(13(14,15)16)4-3-8(9)6-11(17)12(18)19/h3-5,11H,2,6-7H2,1H3,(H,18,19)/t11-/m1/s1. The minimum absolute atomic E-state index is 0.243. The number of aliphatic carboxylic acids is 1. The SMILES string of the molecule is CCN1Cc2cc(C(F)(F)F)ccc2C[C@@H]1C(=O)O. The van der Waals surface area contributed by atoms with Crippen molar-refractivity contribution in [2.75, 3.05) is 6.54 Å². The molecule has 1 atom stereocenters. The molecular formula is C13H14F3NO2. The Hall–Kier alpha value is -1.56. The number of fused-ring (bicyclic) bond motifs is 1. The number of carboxylic acid groups (broad SMARTS) is 1. The zero-order valence-electron chi connectivity index (χ0n) is 10.4. The highest BCUT2D eigenvalue weighted by Gasteiger charge is 2.34. The van der Waals surface area contributed by atoms with Crippen LogP contribution in [0.1, 0.15) is 23.6 Å². The lowest BCUT2D eigenvalue weighted by Crippen LogP contribution is -2.45. The van der Waals surface area contributed by atoms with E-state index in [1.54, 1.807) is 11.8 Å². The van der Waals surface area contributed by atoms with E-state index in [2.05, 4.69) is 0 Å². The van der Waals surface area contributed by atoms with E-state index in [-0.39, 0.29) is 13.0 Å². The quantitative estimate of drug-likeness (QED) is 0.900. The molecule has 0 amide bonds. The van der Waals surface area contributed by atoms with Crippen LogP contribution < -0.4 is 0 Å². The van der Waals surface area contributed by atoms with Crippen molar-refractivity contribution < 1.29 is 23.1 Å². The van der Waals surface area contributed by atoms with Gasteiger partial charge in [0.2, 0.25) is 0 Å². The molecule has 3 nitrogen and oxygen atoms in total. The fourth-order valence-corrected chi connectivity index (χ4v) is 2.39. The van der Waals surface area contributed by atoms with E-state index in [4.69, 9.17) is 5.11 Å². The maximum absolute atomic E-state index is 12.6. The third-order valence-electron chi connectivity index (χ3n) is 3.45. The molecule has 0 unspecified atom stereocenters. The monoisotopic (exact) mass is 273 g/mol. The molecule has 0 saturated heterocycles. The summed E-state index contributed by atoms with van der Waals surface area (Å²) in [5.41, 5.74) is 0.565. The second kappa shape index (κ2) is 4.85. The van der Waals surface area contributed by atoms with Crippen LogP contribution in [0.2, 0.25) is 0 Å². The summed E-state index contributed by atoms with van der Waals surface area (Å²) in [6, 6.07) is 2.87. The van der Waals surface area contributed by atoms with Crippen LogP contribution in [0.5, 0.6) is 0 Å². The summed E-state index contributed by atoms with van der Waals surface area (Å²) in [4.78, 5) is 12.8. The van der Waals surface area contributed by atoms with Gasteiger partial charge in [0.1, 0.15) is 6.04 Å². The lowest BCUT2D eigenvalue weighted by Gasteiger charge is -2.33. The van der Waals surface area contributed by atoms with Gasteiger partial charge in [-0.3, -0.25) is 9.69 Å². The Morgan fingerprint density at radius 1 is 1.42 bits per heavy atom. The van der Waals surface area contributed by atoms with Gasteiger partial charge < -0.3 is 5.11 Å². The summed E-state index contributed by atoms with van der Waals surface area (Å²) in [6.45, 7) is 2.54. The number of rotatable bonds is 2. The Kier molecular flexibility index (Phi) is 3.54. The number of benzene rings is 1. The molecule has 0 fully saturated rings. The number of halogens is 3. The molecule has 1 heterocycles. The summed E-state index contributed by atoms with van der Waals surface area (Å²) in [7, 11) is 0. The molecule has 0 aromatic heterocycles. The first-order valence-electron chi connectivity index (χ1n) is 5.98. The van der Waals surface area contributed by atoms with Crippen molar-refractivity contribution in [3.8, 4) is 0 Å². The molecule has 1 aliphatic heterocycles. The van der Waals surface area contributed by atoms with E-state index in [9.17, 15) is 18.0 Å². The predicted molar refractivity (Wildman–Crippen MR) is 62.7 cm³/mol. The van der Waals surface area contributed by atoms with Crippen LogP contribution in [0.15, 0.2) is 18.2 Å². The van der Waals surface area contributed by atoms with Crippen LogP contribution in [-0.4, -0.2) is 28.6 Å². The second-order valence-corrected chi connectivity index (χ2v) is 4.60. The van der Waals surface area contributed by atoms with Crippen LogP contribution in [0.25, 0.3) is 0 Å². The smallest absolute Gasteiger partial charge is 0.416 e. The summed E-state index contributed by atoms with van der Waals surface area (Å²) in [5, 5.41) is 9.13. The minimum atomic E-state index is -4.37. The minimum Gasteiger partial charge on any atom is -0.480 e. The van der Waals surface area contributed by atoms with Gasteiger partial charge in [-0.1, -0.05) is 13.0 Å². The Morgan fingerprint density at radius 2 is 2.11 bits per heavy atom. The Bertz CT molecular complexity index is 499. The number of likely N-dealkylation sites (N-methyl/N-ethyl adjacent to an activating group) is 1. The van der Waals surface area contributed by atoms with Gasteiger partial charge in [0, 0.05) is 6.54 Å². The third-order valence-corrected chi connectivity index (χ3v) is 3.45. The Morgan fingerprint density at radius 3 is 2.63 bits per heavy atom. The first-order valence-corrected chi connectivity index (χ1v) is 5.98. The first kappa shape index (κ1) is 13.9. The lowest BCUT2D eigenvalue weighted by atomic mass is 9.92. The predicted octanol–water partition coefficient (Wildman–Crippen LogP) is 2.54. The normalized spacial score (nSPS) is 20.1. The molecule has 0 spiro atoms. The number of carboxylic acids is 1. The molecule has 0 saturated carbocycles. The number of hydrogen-bond donors (Lipinski definition) is 1. The van der Waals surface area contributed by atoms with Gasteiger partial charge in [-0.15, -0.1) is 0 Å². The largest absolute Gasteiger partial charge is 0.480 e. The number of carbonyl (C=O) groups is 1. The number of nitrogens with zero attached hydrogens (tertiary/aromatic N) is 1. The molecule has 19 heavy (non-hydrogen) atoms. The van der Waals surface area contributed by atoms with Gasteiger partial charge in [-0.05, 0) is 36.2 Å². The van der Waals surface area contributed by atoms with Crippen molar-refractivity contribution in [1.29, 1.82) is 0 Å². The van der Waals surface area contributed by atoms with Crippen molar-refractivity contribution in [2.45, 2.75) is 32.1 Å². The van der Waals surface area contributed by atoms with Gasteiger partial charge in [0.15, 0.2) is 0 Å². The zero-order valence-corrected chi connectivity index (χ0v) is 10.4. The fourth-order valence-electron chi connectivity index (χ4n) is 2.39. The van der Waals surface area contributed by atoms with E-state index in [1.807, 2.05) is 0 Å². The van der Waals surface area contributed by atoms with Crippen LogP contribution in [0.4, 0.5) is 13.2 Å². The summed E-state index contributed by atoms with van der Waals surface area (Å²) < 4.78 is 37.9. The molecule has 1 aromatic rings. The summed E-state index contributed by atoms with van der Waals surface area (Å²) in [5.74, 6) is -0.938. The van der Waals surface area contributed by atoms with Gasteiger partial charge in [0.05, 0.1) is 5.56 Å². The molecule has 1 aromatic carbocycles. The van der Waals surface area contributed by atoms with Crippen molar-refractivity contribution in [2.24, 2.45) is 0 Å². The van der Waals surface area contributed by atoms with Gasteiger partial charge in [0.25, 0.3) is 0 Å². The molecular weight excluding hydrogens is 259 g/mol. The lowest BCUT2D eigenvalue weighted by molar-refractivity contribution is -0.144. The van der Waals surface area contributed by atoms with Crippen LogP contribution >= 0.6 is 0 Å². The molecule has 2 rings (SSSR count). The highest BCUT2D eigenvalue weighted by molar-refractivity contribution is 5.74. The van der Waals surface area contributed by atoms with Crippen molar-refractivity contribution in [1.82, 2.24) is 4.90 Å². The highest BCUT2D eigenvalue weighted by atomic mass is 19.4. The summed E-state index contributed by atoms with van der Waals surface area (Å²) in [6.07, 6.45) is -4.12. The van der Waals surface area contributed by atoms with Crippen LogP contribution in [0.3, 0.4) is 0 Å². The fraction of sp³-hybridized carbons (Fsp3) is 0.462. The van der Waals surface area contributed by atoms with E-state index in [0.717, 1.165) is 12.1 Å². The second-order valence-electron chi connectivity index (χ2n) is 4.60. The number of alkyl halides is 3. The maximum Gasteiger partial charge on any atom is 0.416 e. The Balaban J connectivity index is 2.36.